The summed E-state index contributed by atoms with van der Waals surface area (Å²) < 4.78 is 6.26. The third kappa shape index (κ3) is 6.15. The molecule has 186 valence electrons. The summed E-state index contributed by atoms with van der Waals surface area (Å²) in [5, 5.41) is 18.9. The summed E-state index contributed by atoms with van der Waals surface area (Å²) in [6.07, 6.45) is 1.23. The number of hydrogen-bond donors (Lipinski definition) is 1. The lowest BCUT2D eigenvalue weighted by molar-refractivity contribution is -0.132. The van der Waals surface area contributed by atoms with E-state index in [0.717, 1.165) is 5.56 Å². The lowest BCUT2D eigenvalue weighted by Gasteiger charge is -2.37. The van der Waals surface area contributed by atoms with E-state index in [4.69, 9.17) is 10.00 Å². The van der Waals surface area contributed by atoms with E-state index in [-0.39, 0.29) is 36.8 Å². The molecule has 1 aromatic heterocycles. The number of aromatic nitrogens is 1. The summed E-state index contributed by atoms with van der Waals surface area (Å²) in [7, 11) is 5.42. The van der Waals surface area contributed by atoms with Crippen LogP contribution in [0.2, 0.25) is 0 Å². The highest BCUT2D eigenvalue weighted by Crippen LogP contribution is 2.30. The average Bonchev–Trinajstić information content (AvgIpc) is 2.85. The predicted molar refractivity (Wildman–Crippen MR) is 132 cm³/mol. The Morgan fingerprint density at radius 2 is 1.97 bits per heavy atom. The fourth-order valence-electron chi connectivity index (χ4n) is 3.98. The lowest BCUT2D eigenvalue weighted by atomic mass is 9.99. The highest BCUT2D eigenvalue weighted by molar-refractivity contribution is 5.98. The Morgan fingerprint density at radius 1 is 1.29 bits per heavy atom. The molecular weight excluding hydrogens is 446 g/mol. The molecule has 0 saturated carbocycles. The summed E-state index contributed by atoms with van der Waals surface area (Å²) in [4.78, 5) is 35.7. The molecule has 2 heterocycles. The van der Waals surface area contributed by atoms with Crippen LogP contribution in [0.1, 0.15) is 29.8 Å². The van der Waals surface area contributed by atoms with Gasteiger partial charge < -0.3 is 24.5 Å². The first-order valence-electron chi connectivity index (χ1n) is 11.6. The van der Waals surface area contributed by atoms with Gasteiger partial charge in [0.05, 0.1) is 37.4 Å². The monoisotopic (exact) mass is 479 g/mol. The summed E-state index contributed by atoms with van der Waals surface area (Å²) >= 11 is 0. The van der Waals surface area contributed by atoms with Crippen molar-refractivity contribution in [2.75, 3.05) is 47.4 Å². The van der Waals surface area contributed by atoms with E-state index < -0.39 is 12.1 Å². The zero-order valence-electron chi connectivity index (χ0n) is 20.9. The molecule has 0 saturated heterocycles. The molecule has 2 aromatic rings. The standard InChI is InChI=1S/C26H33N5O4/c1-17-13-31(18(2)16-32)26(34)22-10-21(20-8-6-19(11-27)7-9-20)12-28-25(22)35-23(17)14-30(5)24(33)15-29(3)4/h6-10,12,17-18,23,32H,13-16H2,1-5H3/t17-,18-,23+/m0/s1. The fourth-order valence-corrected chi connectivity index (χ4v) is 3.98. The van der Waals surface area contributed by atoms with Crippen LogP contribution in [0.5, 0.6) is 5.88 Å². The molecule has 0 fully saturated rings. The molecule has 9 nitrogen and oxygen atoms in total. The summed E-state index contributed by atoms with van der Waals surface area (Å²) in [5.41, 5.74) is 2.37. The van der Waals surface area contributed by atoms with Gasteiger partial charge in [-0.25, -0.2) is 4.98 Å². The van der Waals surface area contributed by atoms with Crippen LogP contribution in [0, 0.1) is 17.2 Å². The number of hydrogen-bond acceptors (Lipinski definition) is 7. The molecule has 3 atom stereocenters. The van der Waals surface area contributed by atoms with E-state index in [1.54, 1.807) is 60.3 Å². The third-order valence-corrected chi connectivity index (χ3v) is 6.20. The van der Waals surface area contributed by atoms with E-state index in [9.17, 15) is 14.7 Å². The number of likely N-dealkylation sites (N-methyl/N-ethyl adjacent to an activating group) is 2. The van der Waals surface area contributed by atoms with Crippen LogP contribution in [0.4, 0.5) is 0 Å². The molecule has 0 unspecified atom stereocenters. The first kappa shape index (κ1) is 26.1. The fraction of sp³-hybridized carbons (Fsp3) is 0.462. The Morgan fingerprint density at radius 3 is 2.57 bits per heavy atom. The maximum absolute atomic E-state index is 13.6. The van der Waals surface area contributed by atoms with Crippen molar-refractivity contribution in [1.29, 1.82) is 5.26 Å². The topological polar surface area (TPSA) is 110 Å². The van der Waals surface area contributed by atoms with Crippen LogP contribution in [-0.4, -0.2) is 96.1 Å². The normalized spacial score (nSPS) is 18.7. The SMILES string of the molecule is C[C@H]1CN([C@@H](C)CO)C(=O)c2cc(-c3ccc(C#N)cc3)cnc2O[C@@H]1CN(C)C(=O)CN(C)C. The van der Waals surface area contributed by atoms with Crippen molar-refractivity contribution < 1.29 is 19.4 Å². The van der Waals surface area contributed by atoms with Crippen molar-refractivity contribution in [1.82, 2.24) is 19.7 Å². The van der Waals surface area contributed by atoms with Crippen LogP contribution >= 0.6 is 0 Å². The van der Waals surface area contributed by atoms with Crippen LogP contribution < -0.4 is 4.74 Å². The zero-order valence-corrected chi connectivity index (χ0v) is 20.9. The molecular formula is C26H33N5O4. The predicted octanol–water partition coefficient (Wildman–Crippen LogP) is 1.86. The minimum atomic E-state index is -0.403. The minimum absolute atomic E-state index is 0.0335. The Kier molecular flexibility index (Phi) is 8.43. The van der Waals surface area contributed by atoms with E-state index >= 15 is 0 Å². The lowest BCUT2D eigenvalue weighted by Crippen LogP contribution is -2.51. The van der Waals surface area contributed by atoms with Gasteiger partial charge in [0.1, 0.15) is 11.7 Å². The molecule has 35 heavy (non-hydrogen) atoms. The van der Waals surface area contributed by atoms with Crippen molar-refractivity contribution in [2.24, 2.45) is 5.92 Å². The van der Waals surface area contributed by atoms with Crippen LogP contribution in [0.3, 0.4) is 0 Å². The van der Waals surface area contributed by atoms with Gasteiger partial charge >= 0.3 is 0 Å². The van der Waals surface area contributed by atoms with Gasteiger partial charge in [-0.3, -0.25) is 9.59 Å². The summed E-state index contributed by atoms with van der Waals surface area (Å²) in [6, 6.07) is 10.5. The summed E-state index contributed by atoms with van der Waals surface area (Å²) in [6.45, 7) is 4.57. The number of nitriles is 1. The number of rotatable bonds is 7. The minimum Gasteiger partial charge on any atom is -0.472 e. The number of benzene rings is 1. The van der Waals surface area contributed by atoms with Crippen LogP contribution in [0.25, 0.3) is 11.1 Å². The van der Waals surface area contributed by atoms with Gasteiger partial charge in [-0.2, -0.15) is 5.26 Å². The Bertz CT molecular complexity index is 1100. The van der Waals surface area contributed by atoms with Gasteiger partial charge in [0.2, 0.25) is 11.8 Å². The van der Waals surface area contributed by atoms with E-state index in [1.165, 1.54) is 0 Å². The Balaban J connectivity index is 1.99. The second kappa shape index (κ2) is 11.3. The third-order valence-electron chi connectivity index (χ3n) is 6.20. The zero-order chi connectivity index (χ0) is 25.7. The van der Waals surface area contributed by atoms with Gasteiger partial charge in [-0.15, -0.1) is 0 Å². The first-order valence-corrected chi connectivity index (χ1v) is 11.6. The number of carbonyl (C=O) groups is 2. The van der Waals surface area contributed by atoms with Crippen molar-refractivity contribution in [2.45, 2.75) is 26.0 Å². The number of nitrogens with zero attached hydrogens (tertiary/aromatic N) is 5. The largest absolute Gasteiger partial charge is 0.472 e. The molecule has 1 aromatic carbocycles. The second-order valence-electron chi connectivity index (χ2n) is 9.40. The molecule has 0 radical (unpaired) electrons. The van der Waals surface area contributed by atoms with Gasteiger partial charge in [-0.1, -0.05) is 19.1 Å². The molecule has 0 bridgehead atoms. The van der Waals surface area contributed by atoms with Crippen molar-refractivity contribution >= 4 is 11.8 Å². The maximum Gasteiger partial charge on any atom is 0.259 e. The highest BCUT2D eigenvalue weighted by atomic mass is 16.5. The quantitative estimate of drug-likeness (QED) is 0.645. The molecule has 9 heteroatoms. The molecule has 0 aliphatic carbocycles. The van der Waals surface area contributed by atoms with Gasteiger partial charge in [-0.05, 0) is 44.8 Å². The van der Waals surface area contributed by atoms with E-state index in [0.29, 0.717) is 29.8 Å². The summed E-state index contributed by atoms with van der Waals surface area (Å²) in [5.74, 6) is -0.219. The number of carbonyl (C=O) groups excluding carboxylic acids is 2. The van der Waals surface area contributed by atoms with Crippen LogP contribution in [-0.2, 0) is 4.79 Å². The molecule has 2 amide bonds. The van der Waals surface area contributed by atoms with Crippen molar-refractivity contribution in [3.63, 3.8) is 0 Å². The molecule has 0 spiro atoms. The highest BCUT2D eigenvalue weighted by Gasteiger charge is 2.34. The molecule has 1 aliphatic heterocycles. The average molecular weight is 480 g/mol. The smallest absolute Gasteiger partial charge is 0.259 e. The molecule has 1 aliphatic rings. The molecule has 3 rings (SSSR count). The number of amides is 2. The maximum atomic E-state index is 13.6. The van der Waals surface area contributed by atoms with Gasteiger partial charge in [0, 0.05) is 31.3 Å². The molecule has 1 N–H and O–H groups in total. The van der Waals surface area contributed by atoms with E-state index in [2.05, 4.69) is 11.1 Å². The number of pyridine rings is 1. The number of ether oxygens (including phenoxy) is 1. The van der Waals surface area contributed by atoms with Gasteiger partial charge in [0.25, 0.3) is 5.91 Å². The number of fused-ring (bicyclic) bond motifs is 1. The van der Waals surface area contributed by atoms with Crippen molar-refractivity contribution in [3.05, 3.63) is 47.7 Å². The van der Waals surface area contributed by atoms with E-state index in [1.807, 2.05) is 25.9 Å². The number of aliphatic hydroxyl groups is 1. The first-order chi connectivity index (χ1) is 16.6. The van der Waals surface area contributed by atoms with Gasteiger partial charge in [0.15, 0.2) is 0 Å². The second-order valence-corrected chi connectivity index (χ2v) is 9.40. The number of aliphatic hydroxyl groups excluding tert-OH is 1. The van der Waals surface area contributed by atoms with Crippen molar-refractivity contribution in [3.8, 4) is 23.1 Å². The Hall–Kier alpha value is -3.48. The van der Waals surface area contributed by atoms with Crippen LogP contribution in [0.15, 0.2) is 36.5 Å². The Labute approximate surface area is 206 Å².